The van der Waals surface area contributed by atoms with E-state index in [0.717, 1.165) is 16.7 Å². The summed E-state index contributed by atoms with van der Waals surface area (Å²) < 4.78 is 28.3. The Morgan fingerprint density at radius 2 is 1.45 bits per heavy atom. The molecule has 6 heteroatoms. The van der Waals surface area contributed by atoms with Crippen LogP contribution in [-0.4, -0.2) is 30.6 Å². The smallest absolute Gasteiger partial charge is 0.336 e. The molecule has 2 unspecified atom stereocenters. The average molecular weight is 522 g/mol. The number of carboxylic acids is 1. The van der Waals surface area contributed by atoms with E-state index in [2.05, 4.69) is 4.99 Å². The molecule has 0 saturated heterocycles. The number of aliphatic imine (C=N–C) groups is 1. The zero-order valence-electron chi connectivity index (χ0n) is 20.6. The Kier molecular flexibility index (Phi) is 7.07. The minimum atomic E-state index is -3.89. The van der Waals surface area contributed by atoms with E-state index in [9.17, 15) is 18.3 Å². The van der Waals surface area contributed by atoms with Gasteiger partial charge < -0.3 is 5.11 Å². The third-order valence-electron chi connectivity index (χ3n) is 7.03. The maximum atomic E-state index is 14.2. The lowest BCUT2D eigenvalue weighted by molar-refractivity contribution is 0.0697. The van der Waals surface area contributed by atoms with Gasteiger partial charge in [-0.3, -0.25) is 4.99 Å². The topological polar surface area (TPSA) is 83.8 Å². The molecule has 5 rings (SSSR count). The third kappa shape index (κ3) is 4.71. The van der Waals surface area contributed by atoms with E-state index in [0.29, 0.717) is 18.4 Å². The van der Waals surface area contributed by atoms with Crippen LogP contribution in [0, 0.1) is 0 Å². The maximum Gasteiger partial charge on any atom is 0.336 e. The van der Waals surface area contributed by atoms with Crippen LogP contribution in [0.4, 0.5) is 0 Å². The van der Waals surface area contributed by atoms with E-state index in [4.69, 9.17) is 0 Å². The molecule has 0 bridgehead atoms. The van der Waals surface area contributed by atoms with Crippen LogP contribution in [0.3, 0.4) is 0 Å². The van der Waals surface area contributed by atoms with Gasteiger partial charge in [-0.2, -0.15) is 0 Å². The van der Waals surface area contributed by atoms with Gasteiger partial charge in [-0.25, -0.2) is 13.2 Å². The van der Waals surface area contributed by atoms with Gasteiger partial charge in [0.15, 0.2) is 4.87 Å². The molecule has 0 spiro atoms. The second-order valence-corrected chi connectivity index (χ2v) is 11.4. The van der Waals surface area contributed by atoms with Crippen LogP contribution >= 0.6 is 0 Å². The first kappa shape index (κ1) is 25.4. The molecule has 4 aromatic rings. The average Bonchev–Trinajstić information content (AvgIpc) is 3.46. The summed E-state index contributed by atoms with van der Waals surface area (Å²) in [5.74, 6) is -1.48. The molecule has 190 valence electrons. The molecule has 1 heterocycles. The van der Waals surface area contributed by atoms with E-state index >= 15 is 0 Å². The monoisotopic (exact) mass is 521 g/mol. The highest BCUT2D eigenvalue weighted by molar-refractivity contribution is 7.93. The van der Waals surface area contributed by atoms with Gasteiger partial charge in [-0.1, -0.05) is 91.0 Å². The standard InChI is InChI=1S/C32H27NO4S/c34-31(35)29-15-8-7-14-28(29)25-17-19-26(20-18-25)30(21-16-24-10-3-1-4-11-24)32(22-9-23-33-32)38(36,37)27-12-5-2-6-13-27/h1-15,17-20,22-23,30H,16,21H2,(H,34,35). The number of nitrogens with zero attached hydrogens (tertiary/aromatic N) is 1. The van der Waals surface area contributed by atoms with E-state index in [-0.39, 0.29) is 10.5 Å². The van der Waals surface area contributed by atoms with Crippen molar-refractivity contribution >= 4 is 22.0 Å². The lowest BCUT2D eigenvalue weighted by Gasteiger charge is -2.34. The largest absolute Gasteiger partial charge is 0.478 e. The predicted octanol–water partition coefficient (Wildman–Crippen LogP) is 6.58. The SMILES string of the molecule is O=C(O)c1ccccc1-c1ccc(C(CCc2ccccc2)C2(S(=O)(=O)c3ccccc3)C=CC=N2)cc1. The zero-order valence-corrected chi connectivity index (χ0v) is 21.5. The molecular weight excluding hydrogens is 494 g/mol. The molecular formula is C32H27NO4S. The van der Waals surface area contributed by atoms with Gasteiger partial charge in [0.05, 0.1) is 10.5 Å². The molecule has 0 amide bonds. The summed E-state index contributed by atoms with van der Waals surface area (Å²) in [5, 5.41) is 9.63. The molecule has 1 aliphatic heterocycles. The van der Waals surface area contributed by atoms with Crippen LogP contribution in [0.15, 0.2) is 131 Å². The predicted molar refractivity (Wildman–Crippen MR) is 150 cm³/mol. The van der Waals surface area contributed by atoms with Crippen LogP contribution in [0.1, 0.15) is 33.8 Å². The number of carbonyl (C=O) groups is 1. The molecule has 0 aliphatic carbocycles. The summed E-state index contributed by atoms with van der Waals surface area (Å²) in [4.78, 5) is 15.1. The fourth-order valence-electron chi connectivity index (χ4n) is 5.11. The van der Waals surface area contributed by atoms with E-state index in [1.54, 1.807) is 73.0 Å². The molecule has 0 saturated carbocycles. The Bertz CT molecular complexity index is 1580. The molecule has 1 N–H and O–H groups in total. The number of aryl methyl sites for hydroxylation is 1. The van der Waals surface area contributed by atoms with Crippen molar-refractivity contribution in [3.63, 3.8) is 0 Å². The van der Waals surface area contributed by atoms with Crippen LogP contribution < -0.4 is 0 Å². The summed E-state index contributed by atoms with van der Waals surface area (Å²) in [6.07, 6.45) is 6.17. The number of benzene rings is 4. The first-order chi connectivity index (χ1) is 18.4. The van der Waals surface area contributed by atoms with Gasteiger partial charge in [-0.05, 0) is 65.4 Å². The number of rotatable bonds is 9. The second kappa shape index (κ2) is 10.6. The Balaban J connectivity index is 1.60. The van der Waals surface area contributed by atoms with Crippen LogP contribution in [0.5, 0.6) is 0 Å². The van der Waals surface area contributed by atoms with Crippen LogP contribution in [0.25, 0.3) is 11.1 Å². The van der Waals surface area contributed by atoms with Crippen LogP contribution in [0.2, 0.25) is 0 Å². The molecule has 2 atom stereocenters. The van der Waals surface area contributed by atoms with Crippen molar-refractivity contribution in [1.29, 1.82) is 0 Å². The molecule has 4 aromatic carbocycles. The maximum absolute atomic E-state index is 14.2. The van der Waals surface area contributed by atoms with Gasteiger partial charge in [0, 0.05) is 12.1 Å². The zero-order chi connectivity index (χ0) is 26.6. The lowest BCUT2D eigenvalue weighted by atomic mass is 9.85. The second-order valence-electron chi connectivity index (χ2n) is 9.26. The summed E-state index contributed by atoms with van der Waals surface area (Å²) in [6.45, 7) is 0. The summed E-state index contributed by atoms with van der Waals surface area (Å²) in [5.41, 5.74) is 3.51. The first-order valence-electron chi connectivity index (χ1n) is 12.4. The van der Waals surface area contributed by atoms with Gasteiger partial charge >= 0.3 is 5.97 Å². The number of allylic oxidation sites excluding steroid dienone is 1. The number of aromatic carboxylic acids is 1. The highest BCUT2D eigenvalue weighted by Crippen LogP contribution is 2.45. The van der Waals surface area contributed by atoms with Gasteiger partial charge in [0.25, 0.3) is 0 Å². The first-order valence-corrected chi connectivity index (χ1v) is 13.9. The van der Waals surface area contributed by atoms with Crippen molar-refractivity contribution in [2.75, 3.05) is 0 Å². The molecule has 5 nitrogen and oxygen atoms in total. The third-order valence-corrected chi connectivity index (χ3v) is 9.31. The van der Waals surface area contributed by atoms with Gasteiger partial charge in [0.1, 0.15) is 0 Å². The Morgan fingerprint density at radius 3 is 2.08 bits per heavy atom. The summed E-state index contributed by atoms with van der Waals surface area (Å²) >= 11 is 0. The molecule has 0 aromatic heterocycles. The molecule has 0 fully saturated rings. The van der Waals surface area contributed by atoms with Crippen molar-refractivity contribution in [3.05, 3.63) is 138 Å². The fourth-order valence-corrected chi connectivity index (χ4v) is 7.09. The van der Waals surface area contributed by atoms with Crippen molar-refractivity contribution < 1.29 is 18.3 Å². The number of sulfone groups is 1. The molecule has 1 aliphatic rings. The number of hydrogen-bond acceptors (Lipinski definition) is 4. The van der Waals surface area contributed by atoms with Crippen molar-refractivity contribution in [2.45, 2.75) is 28.5 Å². The Morgan fingerprint density at radius 1 is 0.816 bits per heavy atom. The fraction of sp³-hybridized carbons (Fsp3) is 0.125. The van der Waals surface area contributed by atoms with E-state index < -0.39 is 26.6 Å². The Hall–Kier alpha value is -4.29. The van der Waals surface area contributed by atoms with Crippen LogP contribution in [-0.2, 0) is 16.3 Å². The van der Waals surface area contributed by atoms with E-state index in [1.807, 2.05) is 54.6 Å². The highest BCUT2D eigenvalue weighted by atomic mass is 32.2. The number of hydrogen-bond donors (Lipinski definition) is 1. The lowest BCUT2D eigenvalue weighted by Crippen LogP contribution is -2.40. The Labute approximate surface area is 222 Å². The van der Waals surface area contributed by atoms with Crippen molar-refractivity contribution in [1.82, 2.24) is 0 Å². The minimum absolute atomic E-state index is 0.215. The minimum Gasteiger partial charge on any atom is -0.478 e. The molecule has 0 radical (unpaired) electrons. The van der Waals surface area contributed by atoms with Gasteiger partial charge in [-0.15, -0.1) is 0 Å². The normalized spacial score (nSPS) is 17.4. The quantitative estimate of drug-likeness (QED) is 0.270. The van der Waals surface area contributed by atoms with Gasteiger partial charge in [0.2, 0.25) is 9.84 Å². The van der Waals surface area contributed by atoms with Crippen molar-refractivity contribution in [2.24, 2.45) is 4.99 Å². The summed E-state index contributed by atoms with van der Waals surface area (Å²) in [7, 11) is -3.89. The highest BCUT2D eigenvalue weighted by Gasteiger charge is 2.50. The van der Waals surface area contributed by atoms with Crippen molar-refractivity contribution in [3.8, 4) is 11.1 Å². The summed E-state index contributed by atoms with van der Waals surface area (Å²) in [6, 6.07) is 32.8. The number of carboxylic acid groups (broad SMARTS) is 1. The molecule has 38 heavy (non-hydrogen) atoms. The van der Waals surface area contributed by atoms with E-state index in [1.165, 1.54) is 0 Å².